The summed E-state index contributed by atoms with van der Waals surface area (Å²) in [5.41, 5.74) is 4.11. The Kier molecular flexibility index (Phi) is 5.72. The summed E-state index contributed by atoms with van der Waals surface area (Å²) >= 11 is 0. The van der Waals surface area contributed by atoms with Crippen molar-refractivity contribution in [2.24, 2.45) is 0 Å². The summed E-state index contributed by atoms with van der Waals surface area (Å²) in [5, 5.41) is 7.39. The van der Waals surface area contributed by atoms with Gasteiger partial charge in [-0.3, -0.25) is 4.79 Å². The smallest absolute Gasteiger partial charge is 0.240 e. The number of aryl methyl sites for hydroxylation is 1. The van der Waals surface area contributed by atoms with Crippen LogP contribution in [0.4, 0.5) is 10.1 Å². The van der Waals surface area contributed by atoms with E-state index in [0.29, 0.717) is 35.3 Å². The van der Waals surface area contributed by atoms with Crippen molar-refractivity contribution in [1.82, 2.24) is 14.5 Å². The molecule has 172 valence electrons. The van der Waals surface area contributed by atoms with Gasteiger partial charge in [0.25, 0.3) is 0 Å². The van der Waals surface area contributed by atoms with Crippen LogP contribution < -0.4 is 10.0 Å². The lowest BCUT2D eigenvalue weighted by atomic mass is 10.0. The minimum atomic E-state index is -3.83. The van der Waals surface area contributed by atoms with E-state index in [0.717, 1.165) is 11.3 Å². The number of hydrogen-bond donors (Lipinski definition) is 2. The van der Waals surface area contributed by atoms with Gasteiger partial charge < -0.3 is 5.32 Å². The van der Waals surface area contributed by atoms with Crippen LogP contribution in [0, 0.1) is 5.82 Å². The SMILES string of the molecule is O=C1CCc2cc(S(=O)(=O)NCc3cn(-c4ccccc4)nc3-c3ccc(F)cc3)ccc2N1. The number of rotatable bonds is 6. The lowest BCUT2D eigenvalue weighted by Crippen LogP contribution is -2.24. The summed E-state index contributed by atoms with van der Waals surface area (Å²) in [6.45, 7) is -0.00427. The van der Waals surface area contributed by atoms with Crippen molar-refractivity contribution in [2.75, 3.05) is 5.32 Å². The van der Waals surface area contributed by atoms with Crippen LogP contribution in [0.2, 0.25) is 0 Å². The Morgan fingerprint density at radius 3 is 2.53 bits per heavy atom. The molecule has 0 unspecified atom stereocenters. The van der Waals surface area contributed by atoms with Crippen LogP contribution >= 0.6 is 0 Å². The van der Waals surface area contributed by atoms with Crippen molar-refractivity contribution in [1.29, 1.82) is 0 Å². The van der Waals surface area contributed by atoms with E-state index in [1.54, 1.807) is 35.1 Å². The zero-order valence-corrected chi connectivity index (χ0v) is 18.8. The Balaban J connectivity index is 1.45. The van der Waals surface area contributed by atoms with Gasteiger partial charge in [0.05, 0.1) is 16.3 Å². The molecule has 3 aromatic carbocycles. The molecule has 2 N–H and O–H groups in total. The lowest BCUT2D eigenvalue weighted by molar-refractivity contribution is -0.116. The first-order chi connectivity index (χ1) is 16.4. The number of carbonyl (C=O) groups excluding carboxylic acids is 1. The molecule has 1 aromatic heterocycles. The predicted molar refractivity (Wildman–Crippen MR) is 126 cm³/mol. The van der Waals surface area contributed by atoms with Crippen LogP contribution in [0.15, 0.2) is 83.9 Å². The summed E-state index contributed by atoms with van der Waals surface area (Å²) < 4.78 is 43.9. The van der Waals surface area contributed by atoms with E-state index in [9.17, 15) is 17.6 Å². The number of hydrogen-bond acceptors (Lipinski definition) is 4. The molecule has 9 heteroatoms. The second-order valence-electron chi connectivity index (χ2n) is 7.98. The Morgan fingerprint density at radius 2 is 1.76 bits per heavy atom. The Labute approximate surface area is 196 Å². The number of para-hydroxylation sites is 1. The highest BCUT2D eigenvalue weighted by Crippen LogP contribution is 2.27. The maximum absolute atomic E-state index is 13.5. The number of carbonyl (C=O) groups is 1. The van der Waals surface area contributed by atoms with Gasteiger partial charge in [0.1, 0.15) is 5.82 Å². The molecule has 0 aliphatic carbocycles. The molecule has 1 aliphatic heterocycles. The van der Waals surface area contributed by atoms with Crippen molar-refractivity contribution < 1.29 is 17.6 Å². The quantitative estimate of drug-likeness (QED) is 0.439. The topological polar surface area (TPSA) is 93.1 Å². The average molecular weight is 477 g/mol. The molecule has 0 saturated carbocycles. The van der Waals surface area contributed by atoms with E-state index < -0.39 is 10.0 Å². The molecule has 0 bridgehead atoms. The molecule has 0 atom stereocenters. The summed E-state index contributed by atoms with van der Waals surface area (Å²) in [7, 11) is -3.83. The first-order valence-electron chi connectivity index (χ1n) is 10.7. The molecule has 4 aromatic rings. The van der Waals surface area contributed by atoms with E-state index in [4.69, 9.17) is 0 Å². The molecule has 1 aliphatic rings. The summed E-state index contributed by atoms with van der Waals surface area (Å²) in [6, 6.07) is 20.0. The van der Waals surface area contributed by atoms with Crippen LogP contribution in [0.5, 0.6) is 0 Å². The fourth-order valence-electron chi connectivity index (χ4n) is 3.89. The first-order valence-corrected chi connectivity index (χ1v) is 12.2. The maximum Gasteiger partial charge on any atom is 0.240 e. The van der Waals surface area contributed by atoms with Gasteiger partial charge in [-0.1, -0.05) is 18.2 Å². The van der Waals surface area contributed by atoms with E-state index in [-0.39, 0.29) is 23.2 Å². The third-order valence-electron chi connectivity index (χ3n) is 5.66. The van der Waals surface area contributed by atoms with Gasteiger partial charge in [-0.2, -0.15) is 5.10 Å². The molecule has 1 amide bonds. The number of benzene rings is 3. The van der Waals surface area contributed by atoms with Gasteiger partial charge in [-0.25, -0.2) is 22.2 Å². The van der Waals surface area contributed by atoms with Crippen molar-refractivity contribution >= 4 is 21.6 Å². The highest BCUT2D eigenvalue weighted by atomic mass is 32.2. The fraction of sp³-hybridized carbons (Fsp3) is 0.120. The van der Waals surface area contributed by atoms with Gasteiger partial charge >= 0.3 is 0 Å². The van der Waals surface area contributed by atoms with Crippen LogP contribution in [0.1, 0.15) is 17.5 Å². The minimum Gasteiger partial charge on any atom is -0.326 e. The number of fused-ring (bicyclic) bond motifs is 1. The predicted octanol–water partition coefficient (Wildman–Crippen LogP) is 4.04. The number of anilines is 1. The Morgan fingerprint density at radius 1 is 1.00 bits per heavy atom. The number of sulfonamides is 1. The van der Waals surface area contributed by atoms with E-state index in [1.807, 2.05) is 30.3 Å². The minimum absolute atomic E-state index is 0.00427. The molecule has 5 rings (SSSR count). The normalized spacial score (nSPS) is 13.4. The Bertz CT molecular complexity index is 1470. The summed E-state index contributed by atoms with van der Waals surface area (Å²) in [6.07, 6.45) is 2.58. The van der Waals surface area contributed by atoms with Gasteiger partial charge in [0, 0.05) is 36.0 Å². The molecular weight excluding hydrogens is 455 g/mol. The summed E-state index contributed by atoms with van der Waals surface area (Å²) in [5.74, 6) is -0.443. The van der Waals surface area contributed by atoms with Crippen LogP contribution in [-0.2, 0) is 27.8 Å². The van der Waals surface area contributed by atoms with Crippen LogP contribution in [-0.4, -0.2) is 24.1 Å². The lowest BCUT2D eigenvalue weighted by Gasteiger charge is -2.17. The number of halogens is 1. The molecule has 0 fully saturated rings. The average Bonchev–Trinajstić information content (AvgIpc) is 3.28. The largest absolute Gasteiger partial charge is 0.326 e. The second-order valence-corrected chi connectivity index (χ2v) is 9.75. The van der Waals surface area contributed by atoms with Crippen molar-refractivity contribution in [3.8, 4) is 16.9 Å². The third-order valence-corrected chi connectivity index (χ3v) is 7.06. The molecular formula is C25H21FN4O3S. The van der Waals surface area contributed by atoms with E-state index in [2.05, 4.69) is 15.1 Å². The van der Waals surface area contributed by atoms with Crippen LogP contribution in [0.3, 0.4) is 0 Å². The Hall–Kier alpha value is -3.82. The number of aromatic nitrogens is 2. The zero-order chi connectivity index (χ0) is 23.7. The first kappa shape index (κ1) is 22.0. The van der Waals surface area contributed by atoms with Gasteiger partial charge in [-0.15, -0.1) is 0 Å². The molecule has 7 nitrogen and oxygen atoms in total. The van der Waals surface area contributed by atoms with Crippen molar-refractivity contribution in [3.05, 3.63) is 95.9 Å². The highest BCUT2D eigenvalue weighted by Gasteiger charge is 2.21. The van der Waals surface area contributed by atoms with E-state index >= 15 is 0 Å². The monoisotopic (exact) mass is 476 g/mol. The number of amides is 1. The molecule has 2 heterocycles. The van der Waals surface area contributed by atoms with Gasteiger partial charge in [0.2, 0.25) is 15.9 Å². The molecule has 0 radical (unpaired) electrons. The number of nitrogens with zero attached hydrogens (tertiary/aromatic N) is 2. The molecule has 0 spiro atoms. The standard InChI is InChI=1S/C25H21FN4O3S/c26-20-9-6-17(7-10-20)25-19(16-30(29-25)21-4-2-1-3-5-21)15-27-34(32,33)22-11-12-23-18(14-22)8-13-24(31)28-23/h1-7,9-12,14,16,27H,8,13,15H2,(H,28,31). The second kappa shape index (κ2) is 8.85. The zero-order valence-electron chi connectivity index (χ0n) is 18.0. The highest BCUT2D eigenvalue weighted by molar-refractivity contribution is 7.89. The third kappa shape index (κ3) is 4.48. The van der Waals surface area contributed by atoms with Gasteiger partial charge in [-0.05, 0) is 66.6 Å². The van der Waals surface area contributed by atoms with Gasteiger partial charge in [0.15, 0.2) is 0 Å². The maximum atomic E-state index is 13.5. The van der Waals surface area contributed by atoms with Crippen molar-refractivity contribution in [2.45, 2.75) is 24.3 Å². The van der Waals surface area contributed by atoms with Crippen LogP contribution in [0.25, 0.3) is 16.9 Å². The van der Waals surface area contributed by atoms with E-state index in [1.165, 1.54) is 18.2 Å². The van der Waals surface area contributed by atoms with Crippen molar-refractivity contribution in [3.63, 3.8) is 0 Å². The molecule has 34 heavy (non-hydrogen) atoms. The summed E-state index contributed by atoms with van der Waals surface area (Å²) in [4.78, 5) is 11.7. The fourth-order valence-corrected chi connectivity index (χ4v) is 4.94. The molecule has 0 saturated heterocycles. The number of nitrogens with one attached hydrogen (secondary N) is 2.